The highest BCUT2D eigenvalue weighted by Crippen LogP contribution is 2.37. The van der Waals surface area contributed by atoms with Crippen molar-refractivity contribution < 1.29 is 9.90 Å². The number of benzene rings is 1. The van der Waals surface area contributed by atoms with Crippen molar-refractivity contribution in [2.24, 2.45) is 11.7 Å². The number of nitrogens with one attached hydrogen (secondary N) is 1. The van der Waals surface area contributed by atoms with Gasteiger partial charge in [-0.3, -0.25) is 4.79 Å². The first-order chi connectivity index (χ1) is 8.08. The van der Waals surface area contributed by atoms with Crippen molar-refractivity contribution in [1.82, 2.24) is 0 Å². The number of aliphatic hydroxyl groups is 1. The summed E-state index contributed by atoms with van der Waals surface area (Å²) in [6.07, 6.45) is 1.68. The minimum absolute atomic E-state index is 0.0972. The highest BCUT2D eigenvalue weighted by molar-refractivity contribution is 5.88. The highest BCUT2D eigenvalue weighted by atomic mass is 16.3. The number of carbonyl (C=O) groups excluding carboxylic acids is 1. The summed E-state index contributed by atoms with van der Waals surface area (Å²) in [6.45, 7) is 1.47. The van der Waals surface area contributed by atoms with E-state index in [1.54, 1.807) is 12.1 Å². The summed E-state index contributed by atoms with van der Waals surface area (Å²) in [5.41, 5.74) is 7.64. The van der Waals surface area contributed by atoms with Crippen LogP contribution in [-0.4, -0.2) is 17.1 Å². The molecule has 1 aromatic carbocycles. The molecule has 1 fully saturated rings. The third-order valence-corrected chi connectivity index (χ3v) is 3.09. The summed E-state index contributed by atoms with van der Waals surface area (Å²) >= 11 is 0. The maximum Gasteiger partial charge on any atom is 0.221 e. The van der Waals surface area contributed by atoms with E-state index in [0.717, 1.165) is 24.1 Å². The molecule has 1 aliphatic carbocycles. The molecule has 0 spiro atoms. The Kier molecular flexibility index (Phi) is 3.45. The smallest absolute Gasteiger partial charge is 0.221 e. The minimum Gasteiger partial charge on any atom is -0.391 e. The number of hydrogen-bond acceptors (Lipinski definition) is 3. The lowest BCUT2D eigenvalue weighted by Crippen LogP contribution is -2.27. The standard InChI is InChI=1S/C13H18N2O2/c1-8(16)15-11-6-4-9(5-7-11)12(14)13(17)10-2-3-10/h4-7,10,12-13,17H,2-3,14H2,1H3,(H,15,16)/t12-,13+/m1/s1. The van der Waals surface area contributed by atoms with Crippen LogP contribution in [0.25, 0.3) is 0 Å². The summed E-state index contributed by atoms with van der Waals surface area (Å²) in [4.78, 5) is 10.9. The zero-order valence-corrected chi connectivity index (χ0v) is 9.89. The lowest BCUT2D eigenvalue weighted by Gasteiger charge is -2.19. The first kappa shape index (κ1) is 12.1. The molecular formula is C13H18N2O2. The van der Waals surface area contributed by atoms with Crippen LogP contribution in [0.15, 0.2) is 24.3 Å². The van der Waals surface area contributed by atoms with Crippen LogP contribution in [0, 0.1) is 5.92 Å². The van der Waals surface area contributed by atoms with Gasteiger partial charge in [0, 0.05) is 12.6 Å². The molecule has 2 rings (SSSR count). The topological polar surface area (TPSA) is 75.4 Å². The van der Waals surface area contributed by atoms with Crippen molar-refractivity contribution in [1.29, 1.82) is 0 Å². The first-order valence-electron chi connectivity index (χ1n) is 5.89. The predicted octanol–water partition coefficient (Wildman–Crippen LogP) is 1.42. The van der Waals surface area contributed by atoms with Crippen molar-refractivity contribution in [2.75, 3.05) is 5.32 Å². The van der Waals surface area contributed by atoms with Crippen LogP contribution in [0.5, 0.6) is 0 Å². The van der Waals surface area contributed by atoms with E-state index in [-0.39, 0.29) is 11.9 Å². The van der Waals surface area contributed by atoms with Gasteiger partial charge >= 0.3 is 0 Å². The maximum absolute atomic E-state index is 10.9. The van der Waals surface area contributed by atoms with E-state index in [1.165, 1.54) is 6.92 Å². The van der Waals surface area contributed by atoms with E-state index in [1.807, 2.05) is 12.1 Å². The Morgan fingerprint density at radius 1 is 1.41 bits per heavy atom. The highest BCUT2D eigenvalue weighted by Gasteiger charge is 2.34. The molecule has 0 radical (unpaired) electrons. The van der Waals surface area contributed by atoms with Crippen LogP contribution < -0.4 is 11.1 Å². The van der Waals surface area contributed by atoms with E-state index >= 15 is 0 Å². The predicted molar refractivity (Wildman–Crippen MR) is 66.4 cm³/mol. The van der Waals surface area contributed by atoms with E-state index in [4.69, 9.17) is 5.73 Å². The molecular weight excluding hydrogens is 216 g/mol. The quantitative estimate of drug-likeness (QED) is 0.737. The Balaban J connectivity index is 2.03. The van der Waals surface area contributed by atoms with Crippen LogP contribution in [0.3, 0.4) is 0 Å². The van der Waals surface area contributed by atoms with Gasteiger partial charge in [0.25, 0.3) is 0 Å². The number of hydrogen-bond donors (Lipinski definition) is 3. The minimum atomic E-state index is -0.457. The van der Waals surface area contributed by atoms with Gasteiger partial charge in [0.1, 0.15) is 0 Å². The van der Waals surface area contributed by atoms with Crippen molar-refractivity contribution >= 4 is 11.6 Å². The molecule has 0 aliphatic heterocycles. The SMILES string of the molecule is CC(=O)Nc1ccc([C@@H](N)[C@@H](O)C2CC2)cc1. The largest absolute Gasteiger partial charge is 0.391 e. The van der Waals surface area contributed by atoms with Crippen molar-refractivity contribution in [3.8, 4) is 0 Å². The number of anilines is 1. The van der Waals surface area contributed by atoms with Gasteiger partial charge in [-0.05, 0) is 36.5 Å². The summed E-state index contributed by atoms with van der Waals surface area (Å²) in [5.74, 6) is 0.264. The first-order valence-corrected chi connectivity index (χ1v) is 5.89. The lowest BCUT2D eigenvalue weighted by molar-refractivity contribution is -0.114. The fraction of sp³-hybridized carbons (Fsp3) is 0.462. The average Bonchev–Trinajstić information content (AvgIpc) is 3.11. The molecule has 17 heavy (non-hydrogen) atoms. The molecule has 0 saturated heterocycles. The molecule has 0 heterocycles. The van der Waals surface area contributed by atoms with E-state index < -0.39 is 6.10 Å². The maximum atomic E-state index is 10.9. The molecule has 4 N–H and O–H groups in total. The van der Waals surface area contributed by atoms with Crippen LogP contribution >= 0.6 is 0 Å². The van der Waals surface area contributed by atoms with Gasteiger partial charge in [0.05, 0.1) is 12.1 Å². The van der Waals surface area contributed by atoms with Crippen molar-refractivity contribution in [3.63, 3.8) is 0 Å². The molecule has 1 aliphatic rings. The van der Waals surface area contributed by atoms with Crippen LogP contribution in [0.4, 0.5) is 5.69 Å². The number of nitrogens with two attached hydrogens (primary N) is 1. The summed E-state index contributed by atoms with van der Waals surface area (Å²) in [5, 5.41) is 12.6. The molecule has 0 unspecified atom stereocenters. The Hall–Kier alpha value is -1.39. The van der Waals surface area contributed by atoms with Gasteiger partial charge in [-0.15, -0.1) is 0 Å². The summed E-state index contributed by atoms with van der Waals surface area (Å²) in [7, 11) is 0. The molecule has 1 aromatic rings. The fourth-order valence-corrected chi connectivity index (χ4v) is 1.92. The number of rotatable bonds is 4. The van der Waals surface area contributed by atoms with E-state index in [9.17, 15) is 9.90 Å². The van der Waals surface area contributed by atoms with Gasteiger partial charge in [-0.25, -0.2) is 0 Å². The monoisotopic (exact) mass is 234 g/mol. The number of carbonyl (C=O) groups is 1. The van der Waals surface area contributed by atoms with Gasteiger partial charge in [-0.1, -0.05) is 12.1 Å². The third kappa shape index (κ3) is 3.05. The van der Waals surface area contributed by atoms with Crippen LogP contribution in [0.2, 0.25) is 0 Å². The summed E-state index contributed by atoms with van der Waals surface area (Å²) in [6, 6.07) is 6.96. The molecule has 4 heteroatoms. The van der Waals surface area contributed by atoms with E-state index in [0.29, 0.717) is 5.92 Å². The van der Waals surface area contributed by atoms with Crippen molar-refractivity contribution in [3.05, 3.63) is 29.8 Å². The van der Waals surface area contributed by atoms with Crippen LogP contribution in [0.1, 0.15) is 31.4 Å². The molecule has 0 bridgehead atoms. The molecule has 2 atom stereocenters. The molecule has 0 aromatic heterocycles. The Morgan fingerprint density at radius 3 is 2.47 bits per heavy atom. The van der Waals surface area contributed by atoms with Gasteiger partial charge in [0.2, 0.25) is 5.91 Å². The zero-order valence-electron chi connectivity index (χ0n) is 9.89. The van der Waals surface area contributed by atoms with Crippen molar-refractivity contribution in [2.45, 2.75) is 31.9 Å². The van der Waals surface area contributed by atoms with Gasteiger partial charge in [-0.2, -0.15) is 0 Å². The Bertz CT molecular complexity index is 398. The number of aliphatic hydroxyl groups excluding tert-OH is 1. The van der Waals surface area contributed by atoms with Gasteiger partial charge < -0.3 is 16.2 Å². The Morgan fingerprint density at radius 2 is 2.00 bits per heavy atom. The molecule has 4 nitrogen and oxygen atoms in total. The second-order valence-electron chi connectivity index (χ2n) is 4.66. The number of amides is 1. The summed E-state index contributed by atoms with van der Waals surface area (Å²) < 4.78 is 0. The lowest BCUT2D eigenvalue weighted by atomic mass is 9.99. The molecule has 1 saturated carbocycles. The second kappa shape index (κ2) is 4.85. The second-order valence-corrected chi connectivity index (χ2v) is 4.66. The van der Waals surface area contributed by atoms with E-state index in [2.05, 4.69) is 5.32 Å². The van der Waals surface area contributed by atoms with Crippen LogP contribution in [-0.2, 0) is 4.79 Å². The zero-order chi connectivity index (χ0) is 12.4. The Labute approximate surface area is 101 Å². The third-order valence-electron chi connectivity index (χ3n) is 3.09. The van der Waals surface area contributed by atoms with Gasteiger partial charge in [0.15, 0.2) is 0 Å². The molecule has 1 amide bonds. The fourth-order valence-electron chi connectivity index (χ4n) is 1.92. The normalized spacial score (nSPS) is 18.5. The molecule has 92 valence electrons. The average molecular weight is 234 g/mol.